The van der Waals surface area contributed by atoms with Crippen LogP contribution in [0.4, 0.5) is 0 Å². The lowest BCUT2D eigenvalue weighted by Crippen LogP contribution is -2.03. The first kappa shape index (κ1) is 15.1. The lowest BCUT2D eigenvalue weighted by atomic mass is 10.0. The summed E-state index contributed by atoms with van der Waals surface area (Å²) in [6.45, 7) is 0.559. The van der Waals surface area contributed by atoms with Gasteiger partial charge in [-0.3, -0.25) is 4.79 Å². The number of alkyl halides is 1. The van der Waals surface area contributed by atoms with Crippen LogP contribution in [0.2, 0.25) is 0 Å². The molecule has 1 N–H and O–H groups in total. The third kappa shape index (κ3) is 3.61. The maximum atomic E-state index is 12.3. The van der Waals surface area contributed by atoms with E-state index in [2.05, 4.69) is 31.9 Å². The molecule has 2 aromatic rings. The van der Waals surface area contributed by atoms with Gasteiger partial charge in [-0.05, 0) is 58.4 Å². The van der Waals surface area contributed by atoms with E-state index in [0.717, 1.165) is 9.80 Å². The molecular formula is C15H12Br2O3. The van der Waals surface area contributed by atoms with Crippen LogP contribution < -0.4 is 4.74 Å². The highest BCUT2D eigenvalue weighted by Crippen LogP contribution is 2.27. The lowest BCUT2D eigenvalue weighted by Gasteiger charge is -2.08. The van der Waals surface area contributed by atoms with Crippen molar-refractivity contribution < 1.29 is 14.6 Å². The molecule has 0 spiro atoms. The summed E-state index contributed by atoms with van der Waals surface area (Å²) in [4.78, 5) is 12.3. The van der Waals surface area contributed by atoms with Crippen LogP contribution in [0.15, 0.2) is 46.9 Å². The number of hydrogen-bond acceptors (Lipinski definition) is 3. The molecule has 2 rings (SSSR count). The molecule has 0 heterocycles. The Bertz CT molecular complexity index is 609. The largest absolute Gasteiger partial charge is 0.508 e. The number of phenols is 1. The second-order valence-corrected chi connectivity index (χ2v) is 5.71. The molecule has 0 aliphatic rings. The predicted molar refractivity (Wildman–Crippen MR) is 85.0 cm³/mol. The summed E-state index contributed by atoms with van der Waals surface area (Å²) in [5.74, 6) is 0.741. The van der Waals surface area contributed by atoms with Crippen molar-refractivity contribution >= 4 is 37.6 Å². The van der Waals surface area contributed by atoms with Crippen molar-refractivity contribution in [3.8, 4) is 11.5 Å². The van der Waals surface area contributed by atoms with Gasteiger partial charge in [-0.15, -0.1) is 0 Å². The van der Waals surface area contributed by atoms with Crippen molar-refractivity contribution in [2.24, 2.45) is 0 Å². The van der Waals surface area contributed by atoms with Crippen LogP contribution in [0, 0.1) is 0 Å². The standard InChI is InChI=1S/C15H12Br2O3/c16-7-8-20-14-6-3-11(9-13(14)17)15(19)10-1-4-12(18)5-2-10/h1-6,9,18H,7-8H2. The summed E-state index contributed by atoms with van der Waals surface area (Å²) in [6.07, 6.45) is 0. The fourth-order valence-electron chi connectivity index (χ4n) is 1.69. The van der Waals surface area contributed by atoms with Crippen molar-refractivity contribution in [3.05, 3.63) is 58.1 Å². The van der Waals surface area contributed by atoms with Crippen LogP contribution in [-0.2, 0) is 0 Å². The van der Waals surface area contributed by atoms with E-state index in [1.165, 1.54) is 12.1 Å². The van der Waals surface area contributed by atoms with E-state index >= 15 is 0 Å². The minimum atomic E-state index is -0.0993. The number of carbonyl (C=O) groups excluding carboxylic acids is 1. The Morgan fingerprint density at radius 1 is 1.10 bits per heavy atom. The van der Waals surface area contributed by atoms with Gasteiger partial charge in [0.2, 0.25) is 0 Å². The molecule has 2 aromatic carbocycles. The number of benzene rings is 2. The third-order valence-corrected chi connectivity index (χ3v) is 3.60. The zero-order valence-electron chi connectivity index (χ0n) is 10.5. The quantitative estimate of drug-likeness (QED) is 0.606. The summed E-state index contributed by atoms with van der Waals surface area (Å²) in [7, 11) is 0. The highest BCUT2D eigenvalue weighted by atomic mass is 79.9. The van der Waals surface area contributed by atoms with Crippen LogP contribution in [0.3, 0.4) is 0 Å². The number of rotatable bonds is 5. The molecule has 5 heteroatoms. The summed E-state index contributed by atoms with van der Waals surface area (Å²) in [6, 6.07) is 11.4. The van der Waals surface area contributed by atoms with Gasteiger partial charge in [-0.1, -0.05) is 15.9 Å². The average Bonchev–Trinajstić information content (AvgIpc) is 2.46. The van der Waals surface area contributed by atoms with Gasteiger partial charge < -0.3 is 9.84 Å². The second-order valence-electron chi connectivity index (χ2n) is 4.06. The molecule has 0 aliphatic heterocycles. The summed E-state index contributed by atoms with van der Waals surface area (Å²) < 4.78 is 6.24. The first-order valence-electron chi connectivity index (χ1n) is 5.94. The Hall–Kier alpha value is -1.33. The molecule has 20 heavy (non-hydrogen) atoms. The molecule has 0 aromatic heterocycles. The zero-order chi connectivity index (χ0) is 14.5. The first-order valence-corrected chi connectivity index (χ1v) is 7.85. The first-order chi connectivity index (χ1) is 9.61. The number of phenolic OH excluding ortho intramolecular Hbond substituents is 1. The Balaban J connectivity index is 2.22. The molecule has 0 saturated heterocycles. The SMILES string of the molecule is O=C(c1ccc(O)cc1)c1ccc(OCCBr)c(Br)c1. The van der Waals surface area contributed by atoms with E-state index in [4.69, 9.17) is 4.74 Å². The molecule has 0 fully saturated rings. The molecule has 0 saturated carbocycles. The highest BCUT2D eigenvalue weighted by molar-refractivity contribution is 9.10. The minimum absolute atomic E-state index is 0.0993. The van der Waals surface area contributed by atoms with E-state index < -0.39 is 0 Å². The molecular weight excluding hydrogens is 388 g/mol. The van der Waals surface area contributed by atoms with Gasteiger partial charge in [-0.2, -0.15) is 0 Å². The summed E-state index contributed by atoms with van der Waals surface area (Å²) >= 11 is 6.69. The lowest BCUT2D eigenvalue weighted by molar-refractivity contribution is 0.103. The van der Waals surface area contributed by atoms with E-state index in [0.29, 0.717) is 23.5 Å². The van der Waals surface area contributed by atoms with Crippen molar-refractivity contribution in [2.45, 2.75) is 0 Å². The smallest absolute Gasteiger partial charge is 0.193 e. The monoisotopic (exact) mass is 398 g/mol. The Kier molecular flexibility index (Phi) is 5.20. The highest BCUT2D eigenvalue weighted by Gasteiger charge is 2.11. The number of ether oxygens (including phenoxy) is 1. The summed E-state index contributed by atoms with van der Waals surface area (Å²) in [5, 5.41) is 9.98. The predicted octanol–water partition coefficient (Wildman–Crippen LogP) is 4.16. The number of carbonyl (C=O) groups is 1. The molecule has 3 nitrogen and oxygen atoms in total. The molecule has 0 atom stereocenters. The van der Waals surface area contributed by atoms with E-state index in [9.17, 15) is 9.90 Å². The van der Waals surface area contributed by atoms with Gasteiger partial charge in [0.05, 0.1) is 11.1 Å². The van der Waals surface area contributed by atoms with Crippen LogP contribution in [0.1, 0.15) is 15.9 Å². The van der Waals surface area contributed by atoms with Crippen LogP contribution in [0.5, 0.6) is 11.5 Å². The van der Waals surface area contributed by atoms with E-state index in [-0.39, 0.29) is 11.5 Å². The molecule has 0 bridgehead atoms. The molecule has 0 radical (unpaired) electrons. The Labute approximate surface area is 133 Å². The second kappa shape index (κ2) is 6.90. The normalized spacial score (nSPS) is 10.3. The molecule has 0 aliphatic carbocycles. The number of halogens is 2. The molecule has 104 valence electrons. The van der Waals surface area contributed by atoms with Gasteiger partial charge >= 0.3 is 0 Å². The maximum absolute atomic E-state index is 12.3. The van der Waals surface area contributed by atoms with Crippen LogP contribution in [-0.4, -0.2) is 22.8 Å². The summed E-state index contributed by atoms with van der Waals surface area (Å²) in [5.41, 5.74) is 1.09. The third-order valence-electron chi connectivity index (χ3n) is 2.66. The van der Waals surface area contributed by atoms with Crippen molar-refractivity contribution in [2.75, 3.05) is 11.9 Å². The van der Waals surface area contributed by atoms with Crippen LogP contribution >= 0.6 is 31.9 Å². The Morgan fingerprint density at radius 3 is 2.35 bits per heavy atom. The van der Waals surface area contributed by atoms with Crippen molar-refractivity contribution in [1.82, 2.24) is 0 Å². The number of ketones is 1. The van der Waals surface area contributed by atoms with E-state index in [1.54, 1.807) is 30.3 Å². The van der Waals surface area contributed by atoms with Crippen molar-refractivity contribution in [3.63, 3.8) is 0 Å². The Morgan fingerprint density at radius 2 is 1.75 bits per heavy atom. The number of aromatic hydroxyl groups is 1. The van der Waals surface area contributed by atoms with Gasteiger partial charge in [0.1, 0.15) is 11.5 Å². The van der Waals surface area contributed by atoms with Crippen LogP contribution in [0.25, 0.3) is 0 Å². The molecule has 0 amide bonds. The van der Waals surface area contributed by atoms with E-state index in [1.807, 2.05) is 0 Å². The van der Waals surface area contributed by atoms with Gasteiger partial charge in [-0.25, -0.2) is 0 Å². The van der Waals surface area contributed by atoms with Gasteiger partial charge in [0, 0.05) is 16.5 Å². The minimum Gasteiger partial charge on any atom is -0.508 e. The zero-order valence-corrected chi connectivity index (χ0v) is 13.6. The maximum Gasteiger partial charge on any atom is 0.193 e. The average molecular weight is 400 g/mol. The topological polar surface area (TPSA) is 46.5 Å². The fraction of sp³-hybridized carbons (Fsp3) is 0.133. The van der Waals surface area contributed by atoms with Gasteiger partial charge in [0.15, 0.2) is 5.78 Å². The van der Waals surface area contributed by atoms with Gasteiger partial charge in [0.25, 0.3) is 0 Å². The fourth-order valence-corrected chi connectivity index (χ4v) is 2.34. The molecule has 0 unspecified atom stereocenters. The number of hydrogen-bond donors (Lipinski definition) is 1. The van der Waals surface area contributed by atoms with Crippen molar-refractivity contribution in [1.29, 1.82) is 0 Å².